The van der Waals surface area contributed by atoms with Crippen LogP contribution in [0.4, 0.5) is 4.39 Å². The molecule has 0 atom stereocenters. The zero-order valence-electron chi connectivity index (χ0n) is 24.1. The molecular formula is C38H22FIrN5O-2. The molecule has 8 heteroatoms. The summed E-state index contributed by atoms with van der Waals surface area (Å²) in [5.41, 5.74) is 6.82. The standard InChI is InChI=1S/C27H14FN4O.C11H8N.Ir/c28-16-13-14-18-19-10-6-11-21(25(19)33-23(18)15-16)26-29-24-20-9-4-5-12-22(20)30-31-27(24)32(26)17-7-2-1-3-8-17;1-2-6-10(7-3-1)11-8-4-5-9-12-11;/h1-10,12-15H;1-6,8-9H;/q2*-1;. The Bertz CT molecular complexity index is 2410. The van der Waals surface area contributed by atoms with E-state index in [9.17, 15) is 4.39 Å². The van der Waals surface area contributed by atoms with Crippen LogP contribution in [0, 0.1) is 17.9 Å². The number of aromatic nitrogens is 5. The van der Waals surface area contributed by atoms with Gasteiger partial charge >= 0.3 is 0 Å². The van der Waals surface area contributed by atoms with Crippen molar-refractivity contribution in [2.24, 2.45) is 0 Å². The number of imidazole rings is 1. The first-order chi connectivity index (χ1) is 22.2. The summed E-state index contributed by atoms with van der Waals surface area (Å²) in [5.74, 6) is 0.289. The molecule has 0 saturated heterocycles. The Morgan fingerprint density at radius 2 is 1.52 bits per heavy atom. The molecule has 0 fully saturated rings. The molecule has 1 radical (unpaired) electrons. The Labute approximate surface area is 276 Å². The van der Waals surface area contributed by atoms with E-state index in [0.29, 0.717) is 28.2 Å². The number of benzene rings is 5. The van der Waals surface area contributed by atoms with Gasteiger partial charge in [0, 0.05) is 48.8 Å². The van der Waals surface area contributed by atoms with Crippen LogP contribution in [0.2, 0.25) is 0 Å². The number of para-hydroxylation sites is 1. The van der Waals surface area contributed by atoms with Crippen molar-refractivity contribution in [2.45, 2.75) is 0 Å². The molecule has 0 aliphatic carbocycles. The smallest absolute Gasteiger partial charge is 0.178 e. The van der Waals surface area contributed by atoms with Crippen LogP contribution in [0.5, 0.6) is 0 Å². The molecule has 46 heavy (non-hydrogen) atoms. The summed E-state index contributed by atoms with van der Waals surface area (Å²) in [7, 11) is 0. The van der Waals surface area contributed by atoms with Crippen LogP contribution in [-0.2, 0) is 20.1 Å². The maximum atomic E-state index is 13.9. The minimum atomic E-state index is -0.342. The summed E-state index contributed by atoms with van der Waals surface area (Å²) in [6, 6.07) is 46.2. The average Bonchev–Trinajstić information content (AvgIpc) is 3.68. The quantitative estimate of drug-likeness (QED) is 0.168. The van der Waals surface area contributed by atoms with E-state index in [2.05, 4.69) is 27.3 Å². The third-order valence-corrected chi connectivity index (χ3v) is 7.55. The Kier molecular flexibility index (Phi) is 7.89. The number of fused-ring (bicyclic) bond motifs is 6. The maximum absolute atomic E-state index is 13.9. The van der Waals surface area contributed by atoms with Gasteiger partial charge in [-0.3, -0.25) is 4.98 Å². The van der Waals surface area contributed by atoms with Gasteiger partial charge in [0.2, 0.25) is 0 Å². The van der Waals surface area contributed by atoms with E-state index in [-0.39, 0.29) is 25.9 Å². The minimum Gasteiger partial charge on any atom is -0.500 e. The monoisotopic (exact) mass is 776 g/mol. The van der Waals surface area contributed by atoms with Gasteiger partial charge in [-0.1, -0.05) is 59.5 Å². The second-order valence-electron chi connectivity index (χ2n) is 10.3. The zero-order chi connectivity index (χ0) is 30.2. The molecule has 9 aromatic rings. The molecule has 223 valence electrons. The van der Waals surface area contributed by atoms with E-state index in [0.717, 1.165) is 44.1 Å². The number of halogens is 1. The van der Waals surface area contributed by atoms with E-state index in [1.807, 2.05) is 114 Å². The molecule has 0 saturated carbocycles. The van der Waals surface area contributed by atoms with Crippen LogP contribution < -0.4 is 0 Å². The predicted octanol–water partition coefficient (Wildman–Crippen LogP) is 9.02. The van der Waals surface area contributed by atoms with Gasteiger partial charge in [0.25, 0.3) is 0 Å². The fourth-order valence-electron chi connectivity index (χ4n) is 5.49. The van der Waals surface area contributed by atoms with Crippen LogP contribution in [0.1, 0.15) is 0 Å². The van der Waals surface area contributed by atoms with Gasteiger partial charge in [-0.2, -0.15) is 0 Å². The molecule has 4 aromatic heterocycles. The van der Waals surface area contributed by atoms with Crippen LogP contribution in [-0.4, -0.2) is 24.7 Å². The molecule has 0 N–H and O–H groups in total. The molecule has 5 aromatic carbocycles. The fourth-order valence-corrected chi connectivity index (χ4v) is 5.49. The summed E-state index contributed by atoms with van der Waals surface area (Å²) in [4.78, 5) is 9.24. The van der Waals surface area contributed by atoms with Gasteiger partial charge in [0.15, 0.2) is 5.65 Å². The first kappa shape index (κ1) is 29.2. The molecule has 0 spiro atoms. The van der Waals surface area contributed by atoms with Crippen molar-refractivity contribution < 1.29 is 28.9 Å². The topological polar surface area (TPSA) is 69.6 Å². The third kappa shape index (κ3) is 5.24. The van der Waals surface area contributed by atoms with Gasteiger partial charge in [-0.25, -0.2) is 4.39 Å². The van der Waals surface area contributed by atoms with Crippen LogP contribution >= 0.6 is 0 Å². The fraction of sp³-hybridized carbons (Fsp3) is 0. The molecule has 0 unspecified atom stereocenters. The van der Waals surface area contributed by atoms with E-state index >= 15 is 0 Å². The van der Waals surface area contributed by atoms with Crippen molar-refractivity contribution in [1.29, 1.82) is 0 Å². The number of hydrogen-bond donors (Lipinski definition) is 0. The Balaban J connectivity index is 0.000000220. The molecule has 4 heterocycles. The largest absolute Gasteiger partial charge is 0.500 e. The molecule has 0 amide bonds. The summed E-state index contributed by atoms with van der Waals surface area (Å²) in [5, 5.41) is 11.6. The predicted molar refractivity (Wildman–Crippen MR) is 174 cm³/mol. The summed E-state index contributed by atoms with van der Waals surface area (Å²) in [6.45, 7) is 0. The zero-order valence-corrected chi connectivity index (χ0v) is 26.5. The average molecular weight is 776 g/mol. The molecule has 0 aliphatic heterocycles. The van der Waals surface area contributed by atoms with Crippen molar-refractivity contribution >= 4 is 44.0 Å². The van der Waals surface area contributed by atoms with Crippen molar-refractivity contribution in [2.75, 3.05) is 0 Å². The van der Waals surface area contributed by atoms with Gasteiger partial charge in [0.05, 0.1) is 16.9 Å². The van der Waals surface area contributed by atoms with Crippen LogP contribution in [0.15, 0.2) is 138 Å². The van der Waals surface area contributed by atoms with E-state index in [1.165, 1.54) is 12.1 Å². The number of pyridine rings is 1. The SMILES string of the molecule is Fc1ccc2c(c1)oc1c(-c3nc4c5ccccc5nnc4n3-c3ccccc3)[c-]ccc12.[Ir].[c-]1ccccc1-c1ccccn1. The summed E-state index contributed by atoms with van der Waals surface area (Å²) >= 11 is 0. The van der Waals surface area contributed by atoms with Gasteiger partial charge in [0.1, 0.15) is 16.9 Å². The first-order valence-electron chi connectivity index (χ1n) is 14.3. The molecule has 0 aliphatic rings. The Morgan fingerprint density at radius 1 is 0.696 bits per heavy atom. The van der Waals surface area contributed by atoms with Crippen molar-refractivity contribution in [1.82, 2.24) is 24.7 Å². The molecular weight excluding hydrogens is 754 g/mol. The Hall–Kier alpha value is -5.56. The minimum absolute atomic E-state index is 0. The molecule has 9 rings (SSSR count). The van der Waals surface area contributed by atoms with E-state index in [4.69, 9.17) is 9.40 Å². The van der Waals surface area contributed by atoms with E-state index < -0.39 is 0 Å². The van der Waals surface area contributed by atoms with Crippen LogP contribution in [0.25, 0.3) is 72.3 Å². The first-order valence-corrected chi connectivity index (χ1v) is 14.3. The number of nitrogens with zero attached hydrogens (tertiary/aromatic N) is 5. The number of furan rings is 1. The van der Waals surface area contributed by atoms with Crippen LogP contribution in [0.3, 0.4) is 0 Å². The molecule has 0 bridgehead atoms. The third-order valence-electron chi connectivity index (χ3n) is 7.55. The summed E-state index contributed by atoms with van der Waals surface area (Å²) < 4.78 is 22.0. The van der Waals surface area contributed by atoms with Crippen molar-refractivity contribution in [3.05, 3.63) is 152 Å². The second-order valence-corrected chi connectivity index (χ2v) is 10.3. The van der Waals surface area contributed by atoms with Gasteiger partial charge in [-0.05, 0) is 42.1 Å². The Morgan fingerprint density at radius 3 is 2.35 bits per heavy atom. The van der Waals surface area contributed by atoms with Gasteiger partial charge in [-0.15, -0.1) is 64.3 Å². The number of rotatable bonds is 3. The summed E-state index contributed by atoms with van der Waals surface area (Å²) in [6.07, 6.45) is 1.79. The van der Waals surface area contributed by atoms with Crippen molar-refractivity contribution in [3.63, 3.8) is 0 Å². The molecule has 6 nitrogen and oxygen atoms in total. The van der Waals surface area contributed by atoms with E-state index in [1.54, 1.807) is 12.3 Å². The normalized spacial score (nSPS) is 11.0. The maximum Gasteiger partial charge on any atom is 0.178 e. The second kappa shape index (κ2) is 12.4. The van der Waals surface area contributed by atoms with Crippen molar-refractivity contribution in [3.8, 4) is 28.3 Å². The van der Waals surface area contributed by atoms with Gasteiger partial charge < -0.3 is 14.0 Å². The number of hydrogen-bond acceptors (Lipinski definition) is 5.